The van der Waals surface area contributed by atoms with Gasteiger partial charge in [-0.15, -0.1) is 0 Å². The number of para-hydroxylation sites is 3. The topological polar surface area (TPSA) is 19.1 Å². The Morgan fingerprint density at radius 2 is 1.36 bits per heavy atom. The molecule has 0 spiro atoms. The maximum Gasteiger partial charge on any atom is 0.149 e. The molecule has 2 atom stereocenters. The summed E-state index contributed by atoms with van der Waals surface area (Å²) in [6.07, 6.45) is 13.4. The highest BCUT2D eigenvalue weighted by Crippen LogP contribution is 2.48. The van der Waals surface area contributed by atoms with E-state index < -0.39 is 0 Å². The van der Waals surface area contributed by atoms with Crippen LogP contribution in [0.2, 0.25) is 0 Å². The Bertz CT molecular complexity index is 2380. The van der Waals surface area contributed by atoms with Crippen molar-refractivity contribution in [2.45, 2.75) is 24.9 Å². The van der Waals surface area contributed by atoms with Crippen molar-refractivity contribution in [3.63, 3.8) is 0 Å². The minimum absolute atomic E-state index is 0.0865. The average molecular weight is 579 g/mol. The van der Waals surface area contributed by atoms with Gasteiger partial charge >= 0.3 is 0 Å². The van der Waals surface area contributed by atoms with Gasteiger partial charge in [-0.3, -0.25) is 0 Å². The van der Waals surface area contributed by atoms with Crippen LogP contribution in [0.1, 0.15) is 29.2 Å². The Morgan fingerprint density at radius 3 is 2.16 bits per heavy atom. The second-order valence-corrected chi connectivity index (χ2v) is 12.4. The van der Waals surface area contributed by atoms with Gasteiger partial charge in [0.25, 0.3) is 0 Å². The number of hydrogen-bond donors (Lipinski definition) is 0. The van der Waals surface area contributed by atoms with Crippen molar-refractivity contribution in [1.82, 2.24) is 9.13 Å². The molecule has 1 aliphatic heterocycles. The summed E-state index contributed by atoms with van der Waals surface area (Å²) in [7, 11) is 0. The van der Waals surface area contributed by atoms with E-state index in [1.165, 1.54) is 72.0 Å². The number of hydrogen-bond acceptors (Lipinski definition) is 1. The third-order valence-electron chi connectivity index (χ3n) is 9.95. The molecule has 2 aromatic heterocycles. The molecule has 0 N–H and O–H groups in total. The zero-order chi connectivity index (χ0) is 29.5. The number of nitrogens with zero attached hydrogens (tertiary/aromatic N) is 2. The van der Waals surface area contributed by atoms with Crippen molar-refractivity contribution >= 4 is 44.5 Å². The Labute approximate surface area is 261 Å². The lowest BCUT2D eigenvalue weighted by Crippen LogP contribution is -2.24. The second-order valence-electron chi connectivity index (χ2n) is 12.4. The molecule has 5 aromatic carbocycles. The molecule has 7 aromatic rings. The molecule has 3 heteroatoms. The first-order valence-corrected chi connectivity index (χ1v) is 15.9. The number of aromatic nitrogens is 2. The normalized spacial score (nSPS) is 18.2. The van der Waals surface area contributed by atoms with Crippen LogP contribution in [0.25, 0.3) is 61.3 Å². The molecule has 0 fully saturated rings. The fourth-order valence-electron chi connectivity index (χ4n) is 7.98. The van der Waals surface area contributed by atoms with E-state index in [4.69, 9.17) is 4.74 Å². The lowest BCUT2D eigenvalue weighted by atomic mass is 9.88. The van der Waals surface area contributed by atoms with Gasteiger partial charge in [-0.05, 0) is 72.5 Å². The first-order valence-electron chi connectivity index (χ1n) is 15.9. The van der Waals surface area contributed by atoms with Crippen LogP contribution in [0.15, 0.2) is 140 Å². The minimum Gasteiger partial charge on any atom is -0.483 e. The largest absolute Gasteiger partial charge is 0.483 e. The van der Waals surface area contributed by atoms with Crippen LogP contribution >= 0.6 is 0 Å². The number of fused-ring (bicyclic) bond motifs is 9. The predicted octanol–water partition coefficient (Wildman–Crippen LogP) is 10.3. The summed E-state index contributed by atoms with van der Waals surface area (Å²) in [4.78, 5) is 0. The van der Waals surface area contributed by atoms with Crippen molar-refractivity contribution in [3.05, 3.63) is 156 Å². The molecule has 0 bridgehead atoms. The Morgan fingerprint density at radius 1 is 0.644 bits per heavy atom. The van der Waals surface area contributed by atoms with Crippen molar-refractivity contribution in [1.29, 1.82) is 0 Å². The van der Waals surface area contributed by atoms with E-state index in [0.717, 1.165) is 18.6 Å². The fourth-order valence-corrected chi connectivity index (χ4v) is 7.98. The lowest BCUT2D eigenvalue weighted by molar-refractivity contribution is 0.272. The van der Waals surface area contributed by atoms with Crippen molar-refractivity contribution < 1.29 is 4.74 Å². The standard InChI is InChI=1S/C42H30N2O/c1-5-18-36-30(13-1)31-14-2-6-19-37(31)43(36)29-12-9-11-27(25-29)28-23-24-41-35(26-28)34-17-10-22-40(42(34)45-41)44-38-20-7-3-15-32(38)33-16-4-8-21-39(33)44/h1-5,7-18,20-26,34,42H,6,19H2. The van der Waals surface area contributed by atoms with Gasteiger partial charge in [0.2, 0.25) is 0 Å². The van der Waals surface area contributed by atoms with E-state index in [1.807, 2.05) is 0 Å². The highest BCUT2D eigenvalue weighted by Gasteiger charge is 2.38. The summed E-state index contributed by atoms with van der Waals surface area (Å²) < 4.78 is 11.6. The fraction of sp³-hybridized carbons (Fsp3) is 0.0952. The number of rotatable bonds is 3. The van der Waals surface area contributed by atoms with Gasteiger partial charge in [0.05, 0.1) is 22.2 Å². The predicted molar refractivity (Wildman–Crippen MR) is 186 cm³/mol. The molecule has 2 aliphatic carbocycles. The third kappa shape index (κ3) is 3.58. The van der Waals surface area contributed by atoms with Gasteiger partial charge in [-0.25, -0.2) is 0 Å². The van der Waals surface area contributed by atoms with Gasteiger partial charge in [-0.1, -0.05) is 97.1 Å². The van der Waals surface area contributed by atoms with Crippen molar-refractivity contribution in [3.8, 4) is 22.6 Å². The van der Waals surface area contributed by atoms with E-state index in [2.05, 4.69) is 155 Å². The monoisotopic (exact) mass is 578 g/mol. The van der Waals surface area contributed by atoms with E-state index in [0.29, 0.717) is 0 Å². The van der Waals surface area contributed by atoms with Gasteiger partial charge in [0, 0.05) is 44.6 Å². The summed E-state index contributed by atoms with van der Waals surface area (Å²) in [6.45, 7) is 0. The molecule has 0 radical (unpaired) electrons. The number of ether oxygens (including phenoxy) is 1. The van der Waals surface area contributed by atoms with Crippen LogP contribution in [0.3, 0.4) is 0 Å². The van der Waals surface area contributed by atoms with Gasteiger partial charge in [-0.2, -0.15) is 0 Å². The van der Waals surface area contributed by atoms with Gasteiger partial charge in [0.1, 0.15) is 11.9 Å². The van der Waals surface area contributed by atoms with E-state index >= 15 is 0 Å². The van der Waals surface area contributed by atoms with E-state index in [1.54, 1.807) is 0 Å². The highest BCUT2D eigenvalue weighted by molar-refractivity contribution is 6.10. The number of allylic oxidation sites excluding steroid dienone is 3. The lowest BCUT2D eigenvalue weighted by Gasteiger charge is -2.25. The zero-order valence-corrected chi connectivity index (χ0v) is 24.7. The summed E-state index contributed by atoms with van der Waals surface area (Å²) in [5, 5.41) is 3.86. The Balaban J connectivity index is 1.05. The molecular weight excluding hydrogens is 548 g/mol. The zero-order valence-electron chi connectivity index (χ0n) is 24.7. The Hall–Kier alpha value is -5.54. The summed E-state index contributed by atoms with van der Waals surface area (Å²) in [6, 6.07) is 41.9. The molecule has 3 heterocycles. The van der Waals surface area contributed by atoms with Crippen LogP contribution in [0.5, 0.6) is 5.75 Å². The van der Waals surface area contributed by atoms with Crippen LogP contribution in [-0.2, 0) is 6.42 Å². The van der Waals surface area contributed by atoms with Crippen molar-refractivity contribution in [2.75, 3.05) is 0 Å². The third-order valence-corrected chi connectivity index (χ3v) is 9.95. The summed E-state index contributed by atoms with van der Waals surface area (Å²) >= 11 is 0. The molecule has 2 unspecified atom stereocenters. The molecule has 0 saturated heterocycles. The quantitative estimate of drug-likeness (QED) is 0.204. The minimum atomic E-state index is -0.0865. The molecule has 3 nitrogen and oxygen atoms in total. The van der Waals surface area contributed by atoms with E-state index in [-0.39, 0.29) is 12.0 Å². The molecule has 0 saturated carbocycles. The summed E-state index contributed by atoms with van der Waals surface area (Å²) in [5.41, 5.74) is 12.5. The average Bonchev–Trinajstić information content (AvgIpc) is 3.76. The van der Waals surface area contributed by atoms with Crippen molar-refractivity contribution in [2.24, 2.45) is 0 Å². The molecule has 3 aliphatic rings. The molecular formula is C42H30N2O. The molecule has 45 heavy (non-hydrogen) atoms. The Kier molecular flexibility index (Phi) is 5.23. The maximum absolute atomic E-state index is 6.78. The smallest absolute Gasteiger partial charge is 0.149 e. The maximum atomic E-state index is 6.78. The van der Waals surface area contributed by atoms with Gasteiger partial charge < -0.3 is 13.9 Å². The second kappa shape index (κ2) is 9.48. The molecule has 10 rings (SSSR count). The van der Waals surface area contributed by atoms with Crippen LogP contribution in [0.4, 0.5) is 0 Å². The van der Waals surface area contributed by atoms with Crippen LogP contribution in [0, 0.1) is 0 Å². The summed E-state index contributed by atoms with van der Waals surface area (Å²) in [5.74, 6) is 1.12. The first-order chi connectivity index (χ1) is 22.3. The van der Waals surface area contributed by atoms with E-state index in [9.17, 15) is 0 Å². The SMILES string of the molecule is C1=CC2c3cc(-c4cccc(-n5c6c(c7ccccc75)C=CCC6)c4)ccc3OC2C(n2c3ccccc3c3ccccc32)=C1. The van der Waals surface area contributed by atoms with Crippen LogP contribution in [-0.4, -0.2) is 15.2 Å². The molecule has 0 amide bonds. The first kappa shape index (κ1) is 24.9. The molecule has 214 valence electrons. The number of benzene rings is 5. The van der Waals surface area contributed by atoms with Crippen LogP contribution < -0.4 is 4.74 Å². The highest BCUT2D eigenvalue weighted by atomic mass is 16.5. The van der Waals surface area contributed by atoms with Gasteiger partial charge in [0.15, 0.2) is 0 Å².